The Morgan fingerprint density at radius 3 is 2.55 bits per heavy atom. The Balaban J connectivity index is 2.05. The lowest BCUT2D eigenvalue weighted by atomic mass is 9.74. The van der Waals surface area contributed by atoms with Crippen LogP contribution in [0.2, 0.25) is 0 Å². The Kier molecular flexibility index (Phi) is 4.46. The highest BCUT2D eigenvalue weighted by Gasteiger charge is 2.53. The van der Waals surface area contributed by atoms with Crippen molar-refractivity contribution in [3.63, 3.8) is 0 Å². The number of esters is 1. The van der Waals surface area contributed by atoms with Crippen molar-refractivity contribution in [2.45, 2.75) is 38.3 Å². The molecule has 20 heavy (non-hydrogen) atoms. The fraction of sp³-hybridized carbons (Fsp3) is 0.857. The number of fused-ring (bicyclic) bond motifs is 3. The molecular weight excluding hydrogens is 260 g/mol. The average molecular weight is 284 g/mol. The van der Waals surface area contributed by atoms with Crippen molar-refractivity contribution in [1.82, 2.24) is 4.90 Å². The molecule has 3 fully saturated rings. The smallest absolute Gasteiger partial charge is 0.323 e. The standard InChI is InChI=1S/C14H24N2O4/c1-9(2)11(15)13(19)20-8-14(7-17)12(18)10-3-5-16(14)6-4-10/h9-11,17H,3-8,15H2,1-2H3. The molecular formula is C14H24N2O4. The summed E-state index contributed by atoms with van der Waals surface area (Å²) < 4.78 is 5.24. The van der Waals surface area contributed by atoms with Gasteiger partial charge in [-0.15, -0.1) is 0 Å². The van der Waals surface area contributed by atoms with Crippen molar-refractivity contribution in [2.75, 3.05) is 26.3 Å². The van der Waals surface area contributed by atoms with E-state index in [9.17, 15) is 14.7 Å². The summed E-state index contributed by atoms with van der Waals surface area (Å²) >= 11 is 0. The minimum absolute atomic E-state index is 0.00317. The zero-order chi connectivity index (χ0) is 14.9. The van der Waals surface area contributed by atoms with Gasteiger partial charge >= 0.3 is 5.97 Å². The number of nitrogens with zero attached hydrogens (tertiary/aromatic N) is 1. The molecule has 0 amide bonds. The predicted octanol–water partition coefficient (Wildman–Crippen LogP) is -0.461. The molecule has 3 rings (SSSR count). The first-order valence-electron chi connectivity index (χ1n) is 7.25. The molecule has 0 aromatic heterocycles. The maximum absolute atomic E-state index is 12.4. The van der Waals surface area contributed by atoms with E-state index >= 15 is 0 Å². The number of aliphatic hydroxyl groups excluding tert-OH is 1. The Hall–Kier alpha value is -0.980. The van der Waals surface area contributed by atoms with Gasteiger partial charge in [0.05, 0.1) is 6.61 Å². The molecule has 3 saturated heterocycles. The number of carbonyl (C=O) groups is 2. The van der Waals surface area contributed by atoms with Gasteiger partial charge < -0.3 is 15.6 Å². The van der Waals surface area contributed by atoms with Crippen LogP contribution in [0.4, 0.5) is 0 Å². The molecule has 3 heterocycles. The number of Topliss-reactive ketones (excluding diaryl/α,β-unsaturated/α-hetero) is 1. The molecule has 0 spiro atoms. The summed E-state index contributed by atoms with van der Waals surface area (Å²) in [5, 5.41) is 9.71. The van der Waals surface area contributed by atoms with Crippen LogP contribution in [-0.4, -0.2) is 59.6 Å². The van der Waals surface area contributed by atoms with Gasteiger partial charge in [0.15, 0.2) is 5.78 Å². The second kappa shape index (κ2) is 5.79. The maximum Gasteiger partial charge on any atom is 0.323 e. The molecule has 3 N–H and O–H groups in total. The first kappa shape index (κ1) is 15.4. The lowest BCUT2D eigenvalue weighted by Crippen LogP contribution is -2.69. The second-order valence-corrected chi connectivity index (χ2v) is 6.19. The van der Waals surface area contributed by atoms with Gasteiger partial charge in [-0.3, -0.25) is 14.5 Å². The number of nitrogens with two attached hydrogens (primary N) is 1. The van der Waals surface area contributed by atoms with Crippen molar-refractivity contribution in [3.05, 3.63) is 0 Å². The molecule has 2 unspecified atom stereocenters. The molecule has 0 aromatic rings. The molecule has 2 atom stereocenters. The first-order valence-corrected chi connectivity index (χ1v) is 7.25. The van der Waals surface area contributed by atoms with Crippen LogP contribution in [-0.2, 0) is 14.3 Å². The van der Waals surface area contributed by atoms with E-state index in [1.807, 2.05) is 18.7 Å². The number of ether oxygens (including phenoxy) is 1. The molecule has 0 aliphatic carbocycles. The van der Waals surface area contributed by atoms with Gasteiger partial charge in [-0.05, 0) is 18.8 Å². The highest BCUT2D eigenvalue weighted by Crippen LogP contribution is 2.36. The van der Waals surface area contributed by atoms with Gasteiger partial charge in [0.25, 0.3) is 0 Å². The lowest BCUT2D eigenvalue weighted by molar-refractivity contribution is -0.167. The fourth-order valence-electron chi connectivity index (χ4n) is 3.05. The second-order valence-electron chi connectivity index (χ2n) is 6.19. The number of hydrogen-bond donors (Lipinski definition) is 2. The summed E-state index contributed by atoms with van der Waals surface area (Å²) in [6.45, 7) is 4.80. The van der Waals surface area contributed by atoms with Gasteiger partial charge in [-0.1, -0.05) is 13.8 Å². The third kappa shape index (κ3) is 2.47. The van der Waals surface area contributed by atoms with Crippen LogP contribution < -0.4 is 5.73 Å². The summed E-state index contributed by atoms with van der Waals surface area (Å²) in [4.78, 5) is 26.2. The van der Waals surface area contributed by atoms with Crippen molar-refractivity contribution >= 4 is 11.8 Å². The van der Waals surface area contributed by atoms with Crippen LogP contribution in [0, 0.1) is 11.8 Å². The zero-order valence-electron chi connectivity index (χ0n) is 12.2. The van der Waals surface area contributed by atoms with Crippen LogP contribution in [0.15, 0.2) is 0 Å². The molecule has 114 valence electrons. The van der Waals surface area contributed by atoms with Crippen LogP contribution >= 0.6 is 0 Å². The summed E-state index contributed by atoms with van der Waals surface area (Å²) in [5.41, 5.74) is 4.69. The molecule has 2 bridgehead atoms. The fourth-order valence-corrected chi connectivity index (χ4v) is 3.05. The van der Waals surface area contributed by atoms with Gasteiger partial charge in [-0.25, -0.2) is 0 Å². The Morgan fingerprint density at radius 2 is 2.10 bits per heavy atom. The molecule has 0 radical (unpaired) electrons. The highest BCUT2D eigenvalue weighted by molar-refractivity contribution is 5.92. The van der Waals surface area contributed by atoms with Crippen LogP contribution in [0.5, 0.6) is 0 Å². The summed E-state index contributed by atoms with van der Waals surface area (Å²) in [6.07, 6.45) is 1.67. The summed E-state index contributed by atoms with van der Waals surface area (Å²) in [7, 11) is 0. The molecule has 3 aliphatic heterocycles. The van der Waals surface area contributed by atoms with Crippen LogP contribution in [0.25, 0.3) is 0 Å². The Labute approximate surface area is 119 Å². The quantitative estimate of drug-likeness (QED) is 0.664. The van der Waals surface area contributed by atoms with Gasteiger partial charge in [0, 0.05) is 19.0 Å². The van der Waals surface area contributed by atoms with E-state index in [0.717, 1.165) is 25.9 Å². The van der Waals surface area contributed by atoms with E-state index in [1.54, 1.807) is 0 Å². The van der Waals surface area contributed by atoms with Crippen LogP contribution in [0.3, 0.4) is 0 Å². The van der Waals surface area contributed by atoms with Crippen molar-refractivity contribution in [2.24, 2.45) is 17.6 Å². The number of hydrogen-bond acceptors (Lipinski definition) is 6. The number of carbonyl (C=O) groups excluding carboxylic acids is 2. The zero-order valence-corrected chi connectivity index (χ0v) is 12.2. The van der Waals surface area contributed by atoms with Gasteiger partial charge in [0.2, 0.25) is 0 Å². The normalized spacial score (nSPS) is 34.4. The topological polar surface area (TPSA) is 92.9 Å². The predicted molar refractivity (Wildman–Crippen MR) is 72.9 cm³/mol. The van der Waals surface area contributed by atoms with E-state index in [2.05, 4.69) is 0 Å². The van der Waals surface area contributed by atoms with Gasteiger partial charge in [-0.2, -0.15) is 0 Å². The van der Waals surface area contributed by atoms with Crippen molar-refractivity contribution in [1.29, 1.82) is 0 Å². The Morgan fingerprint density at radius 1 is 1.50 bits per heavy atom. The highest BCUT2D eigenvalue weighted by atomic mass is 16.5. The van der Waals surface area contributed by atoms with E-state index in [-0.39, 0.29) is 30.8 Å². The Bertz CT molecular complexity index is 391. The molecule has 0 aromatic carbocycles. The number of piperidine rings is 3. The third-order valence-corrected chi connectivity index (χ3v) is 4.63. The minimum Gasteiger partial charge on any atom is -0.462 e. The van der Waals surface area contributed by atoms with Gasteiger partial charge in [0.1, 0.15) is 18.2 Å². The number of ketones is 1. The first-order chi connectivity index (χ1) is 9.42. The summed E-state index contributed by atoms with van der Waals surface area (Å²) in [6, 6.07) is -0.698. The minimum atomic E-state index is -1.05. The maximum atomic E-state index is 12.4. The van der Waals surface area contributed by atoms with Crippen LogP contribution in [0.1, 0.15) is 26.7 Å². The largest absolute Gasteiger partial charge is 0.462 e. The molecule has 6 heteroatoms. The monoisotopic (exact) mass is 284 g/mol. The van der Waals surface area contributed by atoms with E-state index in [0.29, 0.717) is 0 Å². The SMILES string of the molecule is CC(C)C(N)C(=O)OCC1(CO)C(=O)C2CCN1CC2. The average Bonchev–Trinajstić information content (AvgIpc) is 2.47. The van der Waals surface area contributed by atoms with Crippen molar-refractivity contribution < 1.29 is 19.4 Å². The van der Waals surface area contributed by atoms with E-state index in [1.165, 1.54) is 0 Å². The summed E-state index contributed by atoms with van der Waals surface area (Å²) in [5.74, 6) is -0.539. The molecule has 3 aliphatic rings. The number of aliphatic hydroxyl groups is 1. The lowest BCUT2D eigenvalue weighted by Gasteiger charge is -2.51. The molecule has 6 nitrogen and oxygen atoms in total. The number of rotatable bonds is 5. The van der Waals surface area contributed by atoms with E-state index < -0.39 is 17.6 Å². The third-order valence-electron chi connectivity index (χ3n) is 4.63. The molecule has 0 saturated carbocycles. The van der Waals surface area contributed by atoms with E-state index in [4.69, 9.17) is 10.5 Å². The van der Waals surface area contributed by atoms with Crippen molar-refractivity contribution in [3.8, 4) is 0 Å².